The summed E-state index contributed by atoms with van der Waals surface area (Å²) in [6, 6.07) is 0. The maximum absolute atomic E-state index is 10.4. The van der Waals surface area contributed by atoms with E-state index in [1.54, 1.807) is 19.2 Å². The van der Waals surface area contributed by atoms with Gasteiger partial charge >= 0.3 is 0 Å². The lowest BCUT2D eigenvalue weighted by atomic mass is 10.4. The SMILES string of the molecule is C/C=C\N=C(C)C#CCNC(=O)C=O. The van der Waals surface area contributed by atoms with Crippen molar-refractivity contribution >= 4 is 17.9 Å². The molecule has 74 valence electrons. The molecule has 1 N–H and O–H groups in total. The molecule has 0 heterocycles. The standard InChI is InChI=1S/C10H12N2O2/c1-3-6-11-9(2)5-4-7-12-10(14)8-13/h3,6,8H,7H2,1-2H3,(H,12,14)/b6-3-,11-9?. The fraction of sp³-hybridized carbons (Fsp3) is 0.300. The Hall–Kier alpha value is -1.89. The van der Waals surface area contributed by atoms with E-state index < -0.39 is 5.91 Å². The molecule has 0 aliphatic carbocycles. The quantitative estimate of drug-likeness (QED) is 0.302. The Morgan fingerprint density at radius 2 is 2.29 bits per heavy atom. The van der Waals surface area contributed by atoms with Crippen LogP contribution in [0.1, 0.15) is 13.8 Å². The highest BCUT2D eigenvalue weighted by atomic mass is 16.2. The Bertz CT molecular complexity index is 319. The number of hydrogen-bond acceptors (Lipinski definition) is 3. The Kier molecular flexibility index (Phi) is 6.70. The molecule has 0 fully saturated rings. The van der Waals surface area contributed by atoms with E-state index in [1.807, 2.05) is 6.92 Å². The van der Waals surface area contributed by atoms with Gasteiger partial charge in [-0.2, -0.15) is 0 Å². The maximum Gasteiger partial charge on any atom is 0.284 e. The molecule has 4 nitrogen and oxygen atoms in total. The van der Waals surface area contributed by atoms with Crippen LogP contribution in [0.15, 0.2) is 17.3 Å². The van der Waals surface area contributed by atoms with Crippen molar-refractivity contribution < 1.29 is 9.59 Å². The summed E-state index contributed by atoms with van der Waals surface area (Å²) in [6.45, 7) is 3.77. The first-order valence-electron chi connectivity index (χ1n) is 4.08. The van der Waals surface area contributed by atoms with Crippen molar-refractivity contribution in [2.24, 2.45) is 4.99 Å². The second-order valence-corrected chi connectivity index (χ2v) is 2.33. The minimum atomic E-state index is -0.664. The number of allylic oxidation sites excluding steroid dienone is 1. The van der Waals surface area contributed by atoms with E-state index in [-0.39, 0.29) is 12.8 Å². The van der Waals surface area contributed by atoms with Crippen LogP contribution >= 0.6 is 0 Å². The molecule has 14 heavy (non-hydrogen) atoms. The van der Waals surface area contributed by atoms with E-state index >= 15 is 0 Å². The third-order valence-corrected chi connectivity index (χ3v) is 1.14. The van der Waals surface area contributed by atoms with Gasteiger partial charge in [0, 0.05) is 6.20 Å². The van der Waals surface area contributed by atoms with Crippen molar-refractivity contribution in [1.82, 2.24) is 5.32 Å². The molecule has 4 heteroatoms. The van der Waals surface area contributed by atoms with E-state index in [1.165, 1.54) is 0 Å². The largest absolute Gasteiger partial charge is 0.339 e. The van der Waals surface area contributed by atoms with Gasteiger partial charge in [-0.05, 0) is 19.8 Å². The number of hydrogen-bond donors (Lipinski definition) is 1. The maximum atomic E-state index is 10.4. The summed E-state index contributed by atoms with van der Waals surface area (Å²) in [5, 5.41) is 2.29. The number of carbonyl (C=O) groups excluding carboxylic acids is 2. The van der Waals surface area contributed by atoms with E-state index in [2.05, 4.69) is 22.2 Å². The highest BCUT2D eigenvalue weighted by molar-refractivity contribution is 6.23. The summed E-state index contributed by atoms with van der Waals surface area (Å²) in [7, 11) is 0. The van der Waals surface area contributed by atoms with Crippen LogP contribution in [0.25, 0.3) is 0 Å². The first-order valence-corrected chi connectivity index (χ1v) is 4.08. The first kappa shape index (κ1) is 12.1. The zero-order valence-corrected chi connectivity index (χ0v) is 8.20. The molecule has 0 rings (SSSR count). The third kappa shape index (κ3) is 6.80. The van der Waals surface area contributed by atoms with Crippen molar-refractivity contribution in [3.8, 4) is 11.8 Å². The number of aliphatic imine (C=N–C) groups is 1. The average molecular weight is 192 g/mol. The molecular weight excluding hydrogens is 180 g/mol. The third-order valence-electron chi connectivity index (χ3n) is 1.14. The summed E-state index contributed by atoms with van der Waals surface area (Å²) < 4.78 is 0. The van der Waals surface area contributed by atoms with Crippen LogP contribution < -0.4 is 5.32 Å². The second kappa shape index (κ2) is 7.74. The molecule has 0 saturated carbocycles. The number of aldehydes is 1. The Balaban J connectivity index is 3.93. The van der Waals surface area contributed by atoms with Crippen LogP contribution in [0.3, 0.4) is 0 Å². The van der Waals surface area contributed by atoms with Crippen molar-refractivity contribution in [1.29, 1.82) is 0 Å². The lowest BCUT2D eigenvalue weighted by Gasteiger charge is -1.89. The first-order chi connectivity index (χ1) is 6.70. The highest BCUT2D eigenvalue weighted by Crippen LogP contribution is 1.77. The van der Waals surface area contributed by atoms with Gasteiger partial charge in [0.15, 0.2) is 0 Å². The zero-order valence-electron chi connectivity index (χ0n) is 8.20. The van der Waals surface area contributed by atoms with Gasteiger partial charge in [0.1, 0.15) is 0 Å². The van der Waals surface area contributed by atoms with Gasteiger partial charge in [-0.3, -0.25) is 14.6 Å². The number of amides is 1. The molecule has 0 spiro atoms. The topological polar surface area (TPSA) is 58.5 Å². The van der Waals surface area contributed by atoms with Gasteiger partial charge in [0.2, 0.25) is 6.29 Å². The summed E-state index contributed by atoms with van der Waals surface area (Å²) in [6.07, 6.45) is 3.63. The second-order valence-electron chi connectivity index (χ2n) is 2.33. The van der Waals surface area contributed by atoms with Crippen LogP contribution in [0.4, 0.5) is 0 Å². The molecule has 0 radical (unpaired) electrons. The van der Waals surface area contributed by atoms with Crippen molar-refractivity contribution in [3.05, 3.63) is 12.3 Å². The van der Waals surface area contributed by atoms with Gasteiger partial charge in [-0.25, -0.2) is 0 Å². The van der Waals surface area contributed by atoms with E-state index in [0.29, 0.717) is 5.71 Å². The minimum Gasteiger partial charge on any atom is -0.339 e. The van der Waals surface area contributed by atoms with Gasteiger partial charge in [0.25, 0.3) is 5.91 Å². The van der Waals surface area contributed by atoms with Gasteiger partial charge in [-0.1, -0.05) is 12.0 Å². The van der Waals surface area contributed by atoms with Crippen LogP contribution in [-0.2, 0) is 9.59 Å². The number of nitrogens with one attached hydrogen (secondary N) is 1. The fourth-order valence-electron chi connectivity index (χ4n) is 0.564. The highest BCUT2D eigenvalue weighted by Gasteiger charge is 1.91. The molecule has 0 aromatic carbocycles. The Morgan fingerprint density at radius 1 is 1.57 bits per heavy atom. The van der Waals surface area contributed by atoms with Crippen LogP contribution in [0.5, 0.6) is 0 Å². The monoisotopic (exact) mass is 192 g/mol. The Morgan fingerprint density at radius 3 is 2.86 bits per heavy atom. The number of carbonyl (C=O) groups is 2. The normalized spacial score (nSPS) is 10.6. The predicted octanol–water partition coefficient (Wildman–Crippen LogP) is 0.299. The predicted molar refractivity (Wildman–Crippen MR) is 54.8 cm³/mol. The smallest absolute Gasteiger partial charge is 0.284 e. The molecule has 0 aromatic rings. The summed E-state index contributed by atoms with van der Waals surface area (Å²) in [5.41, 5.74) is 0.656. The lowest BCUT2D eigenvalue weighted by molar-refractivity contribution is -0.131. The van der Waals surface area contributed by atoms with Crippen molar-refractivity contribution in [2.45, 2.75) is 13.8 Å². The van der Waals surface area contributed by atoms with Crippen molar-refractivity contribution in [2.75, 3.05) is 6.54 Å². The fourth-order valence-corrected chi connectivity index (χ4v) is 0.564. The molecule has 0 unspecified atom stereocenters. The molecule has 0 aliphatic heterocycles. The van der Waals surface area contributed by atoms with Gasteiger partial charge in [0.05, 0.1) is 12.3 Å². The summed E-state index contributed by atoms with van der Waals surface area (Å²) in [5.74, 6) is 4.70. The minimum absolute atomic E-state index is 0.153. The summed E-state index contributed by atoms with van der Waals surface area (Å²) in [4.78, 5) is 24.3. The van der Waals surface area contributed by atoms with Gasteiger partial charge in [-0.15, -0.1) is 0 Å². The van der Waals surface area contributed by atoms with E-state index in [0.717, 1.165) is 0 Å². The molecule has 0 atom stereocenters. The van der Waals surface area contributed by atoms with Gasteiger partial charge < -0.3 is 5.32 Å². The van der Waals surface area contributed by atoms with Crippen LogP contribution in [0.2, 0.25) is 0 Å². The lowest BCUT2D eigenvalue weighted by Crippen LogP contribution is -2.24. The molecule has 0 aliphatic rings. The van der Waals surface area contributed by atoms with Crippen LogP contribution in [-0.4, -0.2) is 24.4 Å². The van der Waals surface area contributed by atoms with Crippen LogP contribution in [0, 0.1) is 11.8 Å². The average Bonchev–Trinajstić information content (AvgIpc) is 2.21. The summed E-state index contributed by atoms with van der Waals surface area (Å²) >= 11 is 0. The molecule has 0 bridgehead atoms. The van der Waals surface area contributed by atoms with E-state index in [9.17, 15) is 9.59 Å². The molecule has 0 saturated heterocycles. The van der Waals surface area contributed by atoms with E-state index in [4.69, 9.17) is 0 Å². The molecule has 0 aromatic heterocycles. The number of nitrogens with zero attached hydrogens (tertiary/aromatic N) is 1. The molecular formula is C10H12N2O2. The molecule has 1 amide bonds. The van der Waals surface area contributed by atoms with Crippen molar-refractivity contribution in [3.63, 3.8) is 0 Å². The zero-order chi connectivity index (χ0) is 10.8. The number of rotatable bonds is 3. The Labute approximate surface area is 83.1 Å².